The van der Waals surface area contributed by atoms with Gasteiger partial charge in [0.2, 0.25) is 0 Å². The lowest BCUT2D eigenvalue weighted by Crippen LogP contribution is -2.48. The van der Waals surface area contributed by atoms with Crippen molar-refractivity contribution in [1.82, 2.24) is 14.5 Å². The zero-order valence-electron chi connectivity index (χ0n) is 16.5. The largest absolute Gasteiger partial charge is 0.495 e. The van der Waals surface area contributed by atoms with Crippen molar-refractivity contribution in [2.75, 3.05) is 56.6 Å². The standard InChI is InChI=1S/C22H25N5O2/c1-29-20-9-5-4-8-19(20)26-12-10-25(11-13-26)15-16-14-23-21-17-6-2-3-7-18(17)24-22(28)27(16)21/h2-9,16,23H,10-15H2,1H3/t16-/m1/s1. The van der Waals surface area contributed by atoms with E-state index in [1.54, 1.807) is 7.11 Å². The molecular weight excluding hydrogens is 366 g/mol. The summed E-state index contributed by atoms with van der Waals surface area (Å²) in [5.74, 6) is 1.82. The lowest BCUT2D eigenvalue weighted by Gasteiger charge is -2.37. The predicted molar refractivity (Wildman–Crippen MR) is 115 cm³/mol. The summed E-state index contributed by atoms with van der Waals surface area (Å²) in [6.07, 6.45) is 0. The molecular formula is C22H25N5O2. The van der Waals surface area contributed by atoms with E-state index >= 15 is 0 Å². The normalized spacial score (nSPS) is 19.2. The highest BCUT2D eigenvalue weighted by atomic mass is 16.5. The van der Waals surface area contributed by atoms with Gasteiger partial charge in [-0.2, -0.15) is 4.98 Å². The molecule has 150 valence electrons. The van der Waals surface area contributed by atoms with Gasteiger partial charge in [0, 0.05) is 44.7 Å². The third-order valence-electron chi connectivity index (χ3n) is 5.96. The molecule has 0 spiro atoms. The highest BCUT2D eigenvalue weighted by Crippen LogP contribution is 2.30. The molecule has 3 aromatic rings. The van der Waals surface area contributed by atoms with Crippen molar-refractivity contribution >= 4 is 22.4 Å². The van der Waals surface area contributed by atoms with Gasteiger partial charge in [0.25, 0.3) is 0 Å². The van der Waals surface area contributed by atoms with Gasteiger partial charge in [-0.15, -0.1) is 0 Å². The minimum absolute atomic E-state index is 0.104. The summed E-state index contributed by atoms with van der Waals surface area (Å²) in [6.45, 7) is 5.41. The second-order valence-corrected chi connectivity index (χ2v) is 7.62. The van der Waals surface area contributed by atoms with E-state index in [1.807, 2.05) is 41.0 Å². The Morgan fingerprint density at radius 1 is 1.07 bits per heavy atom. The Labute approximate surface area is 169 Å². The van der Waals surface area contributed by atoms with Gasteiger partial charge >= 0.3 is 5.69 Å². The smallest absolute Gasteiger partial charge is 0.350 e. The van der Waals surface area contributed by atoms with E-state index in [4.69, 9.17) is 4.74 Å². The molecule has 2 aliphatic rings. The molecule has 7 nitrogen and oxygen atoms in total. The van der Waals surface area contributed by atoms with Crippen molar-refractivity contribution in [2.45, 2.75) is 6.04 Å². The number of para-hydroxylation sites is 3. The fourth-order valence-corrected chi connectivity index (χ4v) is 4.49. The zero-order chi connectivity index (χ0) is 19.8. The summed E-state index contributed by atoms with van der Waals surface area (Å²) in [4.78, 5) is 21.8. The summed E-state index contributed by atoms with van der Waals surface area (Å²) < 4.78 is 7.35. The number of rotatable bonds is 4. The number of methoxy groups -OCH3 is 1. The van der Waals surface area contributed by atoms with Crippen LogP contribution in [0.3, 0.4) is 0 Å². The molecule has 0 saturated carbocycles. The van der Waals surface area contributed by atoms with Crippen LogP contribution in [-0.2, 0) is 0 Å². The summed E-state index contributed by atoms with van der Waals surface area (Å²) >= 11 is 0. The Balaban J connectivity index is 1.30. The minimum atomic E-state index is -0.165. The van der Waals surface area contributed by atoms with Crippen LogP contribution in [0.15, 0.2) is 53.3 Å². The maximum absolute atomic E-state index is 12.7. The SMILES string of the molecule is COc1ccccc1N1CCN(C[C@H]2CNc3c4ccccc4nc(=O)n32)CC1. The number of aromatic nitrogens is 2. The molecule has 2 aromatic carbocycles. The average molecular weight is 391 g/mol. The molecule has 1 atom stereocenters. The second kappa shape index (κ2) is 7.40. The first kappa shape index (κ1) is 18.0. The number of fused-ring (bicyclic) bond motifs is 3. The van der Waals surface area contributed by atoms with E-state index in [2.05, 4.69) is 32.2 Å². The molecule has 0 radical (unpaired) electrons. The minimum Gasteiger partial charge on any atom is -0.495 e. The van der Waals surface area contributed by atoms with Gasteiger partial charge in [0.15, 0.2) is 0 Å². The first-order chi connectivity index (χ1) is 14.2. The van der Waals surface area contributed by atoms with Gasteiger partial charge in [-0.3, -0.25) is 9.47 Å². The summed E-state index contributed by atoms with van der Waals surface area (Å²) in [7, 11) is 1.72. The van der Waals surface area contributed by atoms with Gasteiger partial charge < -0.3 is 15.0 Å². The van der Waals surface area contributed by atoms with Crippen molar-refractivity contribution in [2.24, 2.45) is 0 Å². The second-order valence-electron chi connectivity index (χ2n) is 7.62. The fraction of sp³-hybridized carbons (Fsp3) is 0.364. The van der Waals surface area contributed by atoms with Crippen LogP contribution in [0.1, 0.15) is 6.04 Å². The molecule has 1 aromatic heterocycles. The number of hydrogen-bond donors (Lipinski definition) is 1. The summed E-state index contributed by atoms with van der Waals surface area (Å²) in [5.41, 5.74) is 1.73. The Morgan fingerprint density at radius 3 is 2.66 bits per heavy atom. The molecule has 0 bridgehead atoms. The van der Waals surface area contributed by atoms with E-state index in [0.717, 1.165) is 67.4 Å². The molecule has 7 heteroatoms. The van der Waals surface area contributed by atoms with Crippen molar-refractivity contribution in [3.05, 3.63) is 59.0 Å². The maximum atomic E-state index is 12.7. The number of nitrogens with one attached hydrogen (secondary N) is 1. The molecule has 2 aliphatic heterocycles. The van der Waals surface area contributed by atoms with Crippen LogP contribution in [0.25, 0.3) is 10.9 Å². The van der Waals surface area contributed by atoms with Crippen LogP contribution in [-0.4, -0.2) is 60.8 Å². The number of hydrogen-bond acceptors (Lipinski definition) is 6. The topological polar surface area (TPSA) is 62.6 Å². The Bertz CT molecular complexity index is 1090. The molecule has 5 rings (SSSR count). The highest BCUT2D eigenvalue weighted by Gasteiger charge is 2.29. The van der Waals surface area contributed by atoms with E-state index in [9.17, 15) is 4.79 Å². The third-order valence-corrected chi connectivity index (χ3v) is 5.96. The van der Waals surface area contributed by atoms with Crippen molar-refractivity contribution in [1.29, 1.82) is 0 Å². The molecule has 0 unspecified atom stereocenters. The van der Waals surface area contributed by atoms with E-state index in [0.29, 0.717) is 0 Å². The predicted octanol–water partition coefficient (Wildman–Crippen LogP) is 2.19. The van der Waals surface area contributed by atoms with Crippen LogP contribution in [0, 0.1) is 0 Å². The summed E-state index contributed by atoms with van der Waals surface area (Å²) in [5, 5.41) is 4.45. The van der Waals surface area contributed by atoms with Gasteiger partial charge in [-0.1, -0.05) is 24.3 Å². The summed E-state index contributed by atoms with van der Waals surface area (Å²) in [6, 6.07) is 16.1. The quantitative estimate of drug-likeness (QED) is 0.736. The zero-order valence-corrected chi connectivity index (χ0v) is 16.5. The molecule has 0 aliphatic carbocycles. The number of anilines is 2. The van der Waals surface area contributed by atoms with Gasteiger partial charge in [-0.25, -0.2) is 4.79 Å². The van der Waals surface area contributed by atoms with E-state index < -0.39 is 0 Å². The molecule has 0 amide bonds. The van der Waals surface area contributed by atoms with Crippen molar-refractivity contribution in [3.63, 3.8) is 0 Å². The van der Waals surface area contributed by atoms with Gasteiger partial charge in [0.1, 0.15) is 11.6 Å². The monoisotopic (exact) mass is 391 g/mol. The average Bonchev–Trinajstić information content (AvgIpc) is 3.19. The van der Waals surface area contributed by atoms with Crippen molar-refractivity contribution in [3.8, 4) is 5.75 Å². The number of nitrogens with zero attached hydrogens (tertiary/aromatic N) is 4. The van der Waals surface area contributed by atoms with Crippen LogP contribution < -0.4 is 20.6 Å². The van der Waals surface area contributed by atoms with E-state index in [1.165, 1.54) is 0 Å². The lowest BCUT2D eigenvalue weighted by molar-refractivity contribution is 0.226. The molecule has 1 saturated heterocycles. The van der Waals surface area contributed by atoms with Crippen LogP contribution in [0.2, 0.25) is 0 Å². The third kappa shape index (κ3) is 3.21. The first-order valence-electron chi connectivity index (χ1n) is 10.1. The fourth-order valence-electron chi connectivity index (χ4n) is 4.49. The van der Waals surface area contributed by atoms with E-state index in [-0.39, 0.29) is 11.7 Å². The van der Waals surface area contributed by atoms with Gasteiger partial charge in [0.05, 0.1) is 24.4 Å². The highest BCUT2D eigenvalue weighted by molar-refractivity contribution is 5.89. The van der Waals surface area contributed by atoms with Crippen molar-refractivity contribution < 1.29 is 4.74 Å². The lowest BCUT2D eigenvalue weighted by atomic mass is 10.2. The Kier molecular flexibility index (Phi) is 4.60. The molecule has 1 fully saturated rings. The van der Waals surface area contributed by atoms with Crippen LogP contribution in [0.5, 0.6) is 5.75 Å². The maximum Gasteiger partial charge on any atom is 0.350 e. The Hall–Kier alpha value is -3.06. The van der Waals surface area contributed by atoms with Crippen LogP contribution in [0.4, 0.5) is 11.5 Å². The molecule has 3 heterocycles. The Morgan fingerprint density at radius 2 is 1.83 bits per heavy atom. The van der Waals surface area contributed by atoms with Gasteiger partial charge in [-0.05, 0) is 24.3 Å². The number of piperazine rings is 1. The molecule has 1 N–H and O–H groups in total. The van der Waals surface area contributed by atoms with Crippen LogP contribution >= 0.6 is 0 Å². The number of ether oxygens (including phenoxy) is 1. The first-order valence-corrected chi connectivity index (χ1v) is 10.1. The number of benzene rings is 2. The molecule has 29 heavy (non-hydrogen) atoms.